The number of aromatic amines is 1. The van der Waals surface area contributed by atoms with E-state index in [1.807, 2.05) is 60.7 Å². The molecule has 0 saturated carbocycles. The van der Waals surface area contributed by atoms with Gasteiger partial charge in [0.25, 0.3) is 5.91 Å². The van der Waals surface area contributed by atoms with Crippen molar-refractivity contribution in [3.8, 4) is 16.9 Å². The van der Waals surface area contributed by atoms with Gasteiger partial charge in [0.1, 0.15) is 5.69 Å². The second kappa shape index (κ2) is 6.45. The summed E-state index contributed by atoms with van der Waals surface area (Å²) in [5.41, 5.74) is 4.02. The summed E-state index contributed by atoms with van der Waals surface area (Å²) in [6, 6.07) is 19.1. The first-order valence-corrected chi connectivity index (χ1v) is 7.80. The molecule has 0 bridgehead atoms. The highest BCUT2D eigenvalue weighted by atomic mass is 16.2. The second-order valence-corrected chi connectivity index (χ2v) is 5.49. The van der Waals surface area contributed by atoms with Gasteiger partial charge in [-0.05, 0) is 35.9 Å². The Kier molecular flexibility index (Phi) is 3.84. The number of nitrogens with one attached hydrogen (secondary N) is 2. The Morgan fingerprint density at radius 2 is 1.80 bits per heavy atom. The summed E-state index contributed by atoms with van der Waals surface area (Å²) >= 11 is 0. The minimum Gasteiger partial charge on any atom is -0.321 e. The number of hydrogen-bond acceptors (Lipinski definition) is 3. The number of carbonyl (C=O) groups is 1. The summed E-state index contributed by atoms with van der Waals surface area (Å²) in [7, 11) is 0. The number of anilines is 1. The molecule has 0 radical (unpaired) electrons. The van der Waals surface area contributed by atoms with Crippen molar-refractivity contribution < 1.29 is 4.79 Å². The number of hydrogen-bond donors (Lipinski definition) is 2. The smallest absolute Gasteiger partial charge is 0.274 e. The van der Waals surface area contributed by atoms with Crippen LogP contribution in [-0.4, -0.2) is 25.7 Å². The van der Waals surface area contributed by atoms with Gasteiger partial charge in [0.15, 0.2) is 0 Å². The van der Waals surface area contributed by atoms with Gasteiger partial charge in [-0.1, -0.05) is 30.3 Å². The molecule has 0 unspecified atom stereocenters. The van der Waals surface area contributed by atoms with E-state index < -0.39 is 0 Å². The Morgan fingerprint density at radius 1 is 1.00 bits per heavy atom. The molecule has 0 spiro atoms. The lowest BCUT2D eigenvalue weighted by molar-refractivity contribution is 0.102. The lowest BCUT2D eigenvalue weighted by atomic mass is 10.1. The highest BCUT2D eigenvalue weighted by Gasteiger charge is 2.13. The summed E-state index contributed by atoms with van der Waals surface area (Å²) in [6.45, 7) is 0. The minimum atomic E-state index is -0.212. The lowest BCUT2D eigenvalue weighted by Gasteiger charge is -2.09. The molecule has 2 N–H and O–H groups in total. The summed E-state index contributed by atoms with van der Waals surface area (Å²) in [4.78, 5) is 16.7. The fourth-order valence-electron chi connectivity index (χ4n) is 2.60. The molecular formula is C19H15N5O. The predicted octanol–water partition coefficient (Wildman–Crippen LogP) is 3.51. The molecule has 0 aliphatic rings. The second-order valence-electron chi connectivity index (χ2n) is 5.49. The molecule has 2 heterocycles. The van der Waals surface area contributed by atoms with Gasteiger partial charge < -0.3 is 5.32 Å². The van der Waals surface area contributed by atoms with Crippen LogP contribution in [0.1, 0.15) is 10.5 Å². The average molecular weight is 329 g/mol. The number of nitrogens with zero attached hydrogens (tertiary/aromatic N) is 3. The average Bonchev–Trinajstić information content (AvgIpc) is 3.35. The van der Waals surface area contributed by atoms with Crippen molar-refractivity contribution in [3.05, 3.63) is 85.1 Å². The van der Waals surface area contributed by atoms with E-state index in [4.69, 9.17) is 0 Å². The zero-order valence-electron chi connectivity index (χ0n) is 13.3. The molecule has 122 valence electrons. The van der Waals surface area contributed by atoms with Crippen LogP contribution in [0.2, 0.25) is 0 Å². The number of aromatic nitrogens is 4. The van der Waals surface area contributed by atoms with Gasteiger partial charge in [-0.15, -0.1) is 0 Å². The number of rotatable bonds is 4. The van der Waals surface area contributed by atoms with Crippen LogP contribution in [0.5, 0.6) is 0 Å². The first kappa shape index (κ1) is 14.9. The first-order valence-electron chi connectivity index (χ1n) is 7.80. The van der Waals surface area contributed by atoms with Gasteiger partial charge >= 0.3 is 0 Å². The van der Waals surface area contributed by atoms with Crippen molar-refractivity contribution in [1.82, 2.24) is 19.7 Å². The molecule has 25 heavy (non-hydrogen) atoms. The van der Waals surface area contributed by atoms with Gasteiger partial charge in [0.2, 0.25) is 0 Å². The van der Waals surface area contributed by atoms with Crippen LogP contribution in [0, 0.1) is 0 Å². The molecule has 6 nitrogen and oxygen atoms in total. The third kappa shape index (κ3) is 3.05. The van der Waals surface area contributed by atoms with E-state index in [9.17, 15) is 4.79 Å². The Hall–Kier alpha value is -3.67. The standard InChI is InChI=1S/C19H15N5O/c25-19(18-12-20-13-24(18)16-4-2-1-3-5-16)22-15-8-6-14(7-9-15)17-10-11-21-23-17/h1-13H,(H,21,23)(H,22,25). The molecule has 4 rings (SSSR count). The van der Waals surface area contributed by atoms with Crippen LogP contribution in [0.4, 0.5) is 5.69 Å². The normalized spacial score (nSPS) is 10.6. The summed E-state index contributed by atoms with van der Waals surface area (Å²) in [5, 5.41) is 9.75. The van der Waals surface area contributed by atoms with E-state index in [1.54, 1.807) is 23.3 Å². The van der Waals surface area contributed by atoms with E-state index in [-0.39, 0.29) is 5.91 Å². The van der Waals surface area contributed by atoms with Gasteiger partial charge in [-0.2, -0.15) is 5.10 Å². The number of imidazole rings is 1. The Morgan fingerprint density at radius 3 is 2.52 bits per heavy atom. The van der Waals surface area contributed by atoms with Gasteiger partial charge in [-0.3, -0.25) is 14.5 Å². The van der Waals surface area contributed by atoms with Crippen LogP contribution >= 0.6 is 0 Å². The van der Waals surface area contributed by atoms with Crippen molar-refractivity contribution in [2.24, 2.45) is 0 Å². The van der Waals surface area contributed by atoms with Crippen molar-refractivity contribution in [2.75, 3.05) is 5.32 Å². The van der Waals surface area contributed by atoms with Crippen LogP contribution in [0.15, 0.2) is 79.4 Å². The van der Waals surface area contributed by atoms with Crippen LogP contribution in [-0.2, 0) is 0 Å². The monoisotopic (exact) mass is 329 g/mol. The van der Waals surface area contributed by atoms with Crippen LogP contribution < -0.4 is 5.32 Å². The fourth-order valence-corrected chi connectivity index (χ4v) is 2.60. The maximum Gasteiger partial charge on any atom is 0.274 e. The van der Waals surface area contributed by atoms with Gasteiger partial charge in [0, 0.05) is 17.6 Å². The van der Waals surface area contributed by atoms with E-state index in [0.717, 1.165) is 16.9 Å². The lowest BCUT2D eigenvalue weighted by Crippen LogP contribution is -2.16. The third-order valence-electron chi connectivity index (χ3n) is 3.86. The highest BCUT2D eigenvalue weighted by molar-refractivity contribution is 6.03. The van der Waals surface area contributed by atoms with Gasteiger partial charge in [-0.25, -0.2) is 4.98 Å². The maximum absolute atomic E-state index is 12.6. The van der Waals surface area contributed by atoms with Crippen molar-refractivity contribution in [1.29, 1.82) is 0 Å². The molecular weight excluding hydrogens is 314 g/mol. The van der Waals surface area contributed by atoms with Gasteiger partial charge in [0.05, 0.1) is 18.2 Å². The summed E-state index contributed by atoms with van der Waals surface area (Å²) in [6.07, 6.45) is 4.89. The van der Waals surface area contributed by atoms with E-state index >= 15 is 0 Å². The Balaban J connectivity index is 1.54. The first-order chi connectivity index (χ1) is 12.3. The van der Waals surface area contributed by atoms with E-state index in [0.29, 0.717) is 11.4 Å². The van der Waals surface area contributed by atoms with Crippen LogP contribution in [0.25, 0.3) is 16.9 Å². The van der Waals surface area contributed by atoms with Crippen molar-refractivity contribution in [2.45, 2.75) is 0 Å². The Labute approximate surface area is 144 Å². The van der Waals surface area contributed by atoms with Crippen molar-refractivity contribution >= 4 is 11.6 Å². The molecule has 0 aliphatic carbocycles. The van der Waals surface area contributed by atoms with E-state index in [2.05, 4.69) is 20.5 Å². The molecule has 6 heteroatoms. The topological polar surface area (TPSA) is 75.6 Å². The number of carbonyl (C=O) groups excluding carboxylic acids is 1. The fraction of sp³-hybridized carbons (Fsp3) is 0. The highest BCUT2D eigenvalue weighted by Crippen LogP contribution is 2.19. The predicted molar refractivity (Wildman–Crippen MR) is 95.5 cm³/mol. The molecule has 4 aromatic rings. The molecule has 2 aromatic carbocycles. The zero-order chi connectivity index (χ0) is 17.1. The number of para-hydroxylation sites is 1. The van der Waals surface area contributed by atoms with Crippen LogP contribution in [0.3, 0.4) is 0 Å². The van der Waals surface area contributed by atoms with E-state index in [1.165, 1.54) is 0 Å². The third-order valence-corrected chi connectivity index (χ3v) is 3.86. The molecule has 0 aliphatic heterocycles. The molecule has 0 fully saturated rings. The molecule has 0 atom stereocenters. The minimum absolute atomic E-state index is 0.212. The molecule has 1 amide bonds. The zero-order valence-corrected chi connectivity index (χ0v) is 13.3. The number of benzene rings is 2. The molecule has 2 aromatic heterocycles. The summed E-state index contributed by atoms with van der Waals surface area (Å²) < 4.78 is 1.76. The Bertz CT molecular complexity index is 972. The number of H-pyrrole nitrogens is 1. The van der Waals surface area contributed by atoms with Crippen molar-refractivity contribution in [3.63, 3.8) is 0 Å². The maximum atomic E-state index is 12.6. The number of amides is 1. The largest absolute Gasteiger partial charge is 0.321 e. The summed E-state index contributed by atoms with van der Waals surface area (Å²) in [5.74, 6) is -0.212. The molecule has 0 saturated heterocycles. The SMILES string of the molecule is O=C(Nc1ccc(-c2ccn[nH]2)cc1)c1cncn1-c1ccccc1. The quantitative estimate of drug-likeness (QED) is 0.601.